The molecule has 0 N–H and O–H groups in total. The lowest BCUT2D eigenvalue weighted by Gasteiger charge is -2.48. The second kappa shape index (κ2) is 6.65. The maximum Gasteiger partial charge on any atom is 0.389 e. The van der Waals surface area contributed by atoms with Crippen molar-refractivity contribution in [2.24, 2.45) is 5.41 Å². The molecule has 7 heteroatoms. The molecule has 4 nitrogen and oxygen atoms in total. The average molecular weight is 387 g/mol. The summed E-state index contributed by atoms with van der Waals surface area (Å²) >= 11 is 0. The van der Waals surface area contributed by atoms with E-state index in [0.717, 1.165) is 11.1 Å². The van der Waals surface area contributed by atoms with Gasteiger partial charge in [0.1, 0.15) is 0 Å². The molecule has 1 aliphatic rings. The van der Waals surface area contributed by atoms with Crippen LogP contribution in [0.4, 0.5) is 13.2 Å². The van der Waals surface area contributed by atoms with E-state index in [-0.39, 0.29) is 19.0 Å². The largest absolute Gasteiger partial charge is 0.389 e. The lowest BCUT2D eigenvalue weighted by Crippen LogP contribution is -2.58. The molecule has 0 unspecified atom stereocenters. The fourth-order valence-electron chi connectivity index (χ4n) is 3.90. The zero-order valence-corrected chi connectivity index (χ0v) is 15.4. The van der Waals surface area contributed by atoms with Gasteiger partial charge >= 0.3 is 6.18 Å². The van der Waals surface area contributed by atoms with Crippen molar-refractivity contribution in [3.05, 3.63) is 66.0 Å². The number of amides is 1. The van der Waals surface area contributed by atoms with E-state index in [1.165, 1.54) is 4.90 Å². The SMILES string of the molecule is CC1(CC(F)(F)F)CN(C(=O)c2ccc3c(c2)ncn3Cc2ccccc2)C1. The van der Waals surface area contributed by atoms with E-state index < -0.39 is 18.0 Å². The Hall–Kier alpha value is -2.83. The number of nitrogens with zero attached hydrogens (tertiary/aromatic N) is 3. The van der Waals surface area contributed by atoms with Gasteiger partial charge in [-0.2, -0.15) is 13.2 Å². The first-order chi connectivity index (χ1) is 13.2. The van der Waals surface area contributed by atoms with Crippen LogP contribution in [-0.2, 0) is 6.54 Å². The van der Waals surface area contributed by atoms with Crippen molar-refractivity contribution in [1.29, 1.82) is 0 Å². The van der Waals surface area contributed by atoms with Crippen LogP contribution >= 0.6 is 0 Å². The summed E-state index contributed by atoms with van der Waals surface area (Å²) in [6.45, 7) is 2.48. The van der Waals surface area contributed by atoms with Crippen molar-refractivity contribution in [2.45, 2.75) is 26.1 Å². The maximum absolute atomic E-state index is 12.6. The van der Waals surface area contributed by atoms with Gasteiger partial charge in [-0.05, 0) is 23.8 Å². The van der Waals surface area contributed by atoms with Gasteiger partial charge in [-0.15, -0.1) is 0 Å². The Morgan fingerprint density at radius 1 is 1.14 bits per heavy atom. The summed E-state index contributed by atoms with van der Waals surface area (Å²) in [6, 6.07) is 15.2. The number of halogens is 3. The first-order valence-electron chi connectivity index (χ1n) is 9.07. The van der Waals surface area contributed by atoms with Gasteiger partial charge in [0.15, 0.2) is 0 Å². The normalized spacial score (nSPS) is 16.2. The van der Waals surface area contributed by atoms with Crippen molar-refractivity contribution >= 4 is 16.9 Å². The molecule has 2 heterocycles. The number of aromatic nitrogens is 2. The summed E-state index contributed by atoms with van der Waals surface area (Å²) in [5.74, 6) is -0.251. The molecule has 0 atom stereocenters. The number of likely N-dealkylation sites (tertiary alicyclic amines) is 1. The summed E-state index contributed by atoms with van der Waals surface area (Å²) in [5.41, 5.74) is 2.30. The lowest BCUT2D eigenvalue weighted by atomic mass is 9.78. The van der Waals surface area contributed by atoms with E-state index in [9.17, 15) is 18.0 Å². The van der Waals surface area contributed by atoms with Crippen LogP contribution < -0.4 is 0 Å². The first kappa shape index (κ1) is 18.5. The van der Waals surface area contributed by atoms with Crippen molar-refractivity contribution in [3.63, 3.8) is 0 Å². The van der Waals surface area contributed by atoms with E-state index in [2.05, 4.69) is 4.98 Å². The molecule has 0 spiro atoms. The van der Waals surface area contributed by atoms with E-state index in [0.29, 0.717) is 17.6 Å². The Labute approximate surface area is 160 Å². The minimum absolute atomic E-state index is 0.117. The predicted molar refractivity (Wildman–Crippen MR) is 100.0 cm³/mol. The molecular weight excluding hydrogens is 367 g/mol. The van der Waals surface area contributed by atoms with Crippen LogP contribution in [0.5, 0.6) is 0 Å². The molecule has 1 amide bonds. The number of carbonyl (C=O) groups excluding carboxylic acids is 1. The Bertz CT molecular complexity index is 1000. The number of carbonyl (C=O) groups is 1. The Kier molecular flexibility index (Phi) is 4.40. The van der Waals surface area contributed by atoms with Crippen LogP contribution in [0.2, 0.25) is 0 Å². The number of benzene rings is 2. The zero-order chi connectivity index (χ0) is 19.9. The minimum Gasteiger partial charge on any atom is -0.337 e. The molecule has 4 rings (SSSR count). The zero-order valence-electron chi connectivity index (χ0n) is 15.4. The highest BCUT2D eigenvalue weighted by molar-refractivity contribution is 5.97. The highest BCUT2D eigenvalue weighted by Gasteiger charge is 2.48. The van der Waals surface area contributed by atoms with Gasteiger partial charge in [-0.1, -0.05) is 37.3 Å². The molecule has 146 valence electrons. The van der Waals surface area contributed by atoms with Crippen molar-refractivity contribution in [2.75, 3.05) is 13.1 Å². The quantitative estimate of drug-likeness (QED) is 0.661. The highest BCUT2D eigenvalue weighted by atomic mass is 19.4. The molecule has 0 bridgehead atoms. The molecule has 1 saturated heterocycles. The number of imidazole rings is 1. The van der Waals surface area contributed by atoms with Gasteiger partial charge in [0, 0.05) is 30.6 Å². The molecule has 28 heavy (non-hydrogen) atoms. The second-order valence-electron chi connectivity index (χ2n) is 7.83. The topological polar surface area (TPSA) is 38.1 Å². The van der Waals surface area contributed by atoms with Gasteiger partial charge in [0.25, 0.3) is 5.91 Å². The van der Waals surface area contributed by atoms with Crippen LogP contribution in [0.3, 0.4) is 0 Å². The van der Waals surface area contributed by atoms with Crippen molar-refractivity contribution in [3.8, 4) is 0 Å². The van der Waals surface area contributed by atoms with Gasteiger partial charge in [0.2, 0.25) is 0 Å². The third-order valence-corrected chi connectivity index (χ3v) is 5.12. The molecule has 1 aromatic heterocycles. The lowest BCUT2D eigenvalue weighted by molar-refractivity contribution is -0.172. The number of rotatable bonds is 4. The van der Waals surface area contributed by atoms with E-state index in [4.69, 9.17) is 0 Å². The number of fused-ring (bicyclic) bond motifs is 1. The summed E-state index contributed by atoms with van der Waals surface area (Å²) in [5, 5.41) is 0. The van der Waals surface area contributed by atoms with Gasteiger partial charge in [0.05, 0.1) is 23.8 Å². The molecule has 1 aliphatic heterocycles. The van der Waals surface area contributed by atoms with E-state index >= 15 is 0 Å². The van der Waals surface area contributed by atoms with Crippen LogP contribution in [0.1, 0.15) is 29.3 Å². The number of hydrogen-bond acceptors (Lipinski definition) is 2. The Balaban J connectivity index is 1.48. The van der Waals surface area contributed by atoms with Gasteiger partial charge in [-0.3, -0.25) is 4.79 Å². The maximum atomic E-state index is 12.6. The summed E-state index contributed by atoms with van der Waals surface area (Å²) in [7, 11) is 0. The number of hydrogen-bond donors (Lipinski definition) is 0. The van der Waals surface area contributed by atoms with Crippen LogP contribution in [0.15, 0.2) is 54.9 Å². The van der Waals surface area contributed by atoms with E-state index in [1.807, 2.05) is 41.0 Å². The predicted octanol–water partition coefficient (Wildman–Crippen LogP) is 4.50. The van der Waals surface area contributed by atoms with Crippen molar-refractivity contribution in [1.82, 2.24) is 14.5 Å². The molecule has 0 aliphatic carbocycles. The highest BCUT2D eigenvalue weighted by Crippen LogP contribution is 2.41. The summed E-state index contributed by atoms with van der Waals surface area (Å²) in [6.07, 6.45) is -3.35. The Morgan fingerprint density at radius 2 is 1.86 bits per heavy atom. The standard InChI is InChI=1S/C21H20F3N3O/c1-20(11-21(22,23)24)12-27(13-20)19(28)16-7-8-18-17(9-16)25-14-26(18)10-15-5-3-2-4-6-15/h2-9,14H,10-13H2,1H3. The molecule has 0 radical (unpaired) electrons. The van der Waals surface area contributed by atoms with Gasteiger partial charge in [-0.25, -0.2) is 4.98 Å². The van der Waals surface area contributed by atoms with Crippen LogP contribution in [0, 0.1) is 5.41 Å². The summed E-state index contributed by atoms with van der Waals surface area (Å²) in [4.78, 5) is 18.5. The molecular formula is C21H20F3N3O. The third kappa shape index (κ3) is 3.74. The fourth-order valence-corrected chi connectivity index (χ4v) is 3.90. The van der Waals surface area contributed by atoms with Crippen LogP contribution in [0.25, 0.3) is 11.0 Å². The number of alkyl halides is 3. The smallest absolute Gasteiger partial charge is 0.337 e. The minimum atomic E-state index is -4.21. The summed E-state index contributed by atoms with van der Waals surface area (Å²) < 4.78 is 39.9. The fraction of sp³-hybridized carbons (Fsp3) is 0.333. The monoisotopic (exact) mass is 387 g/mol. The average Bonchev–Trinajstić information content (AvgIpc) is 3.00. The molecule has 3 aromatic rings. The molecule has 1 fully saturated rings. The van der Waals surface area contributed by atoms with Crippen molar-refractivity contribution < 1.29 is 18.0 Å². The van der Waals surface area contributed by atoms with E-state index in [1.54, 1.807) is 25.4 Å². The van der Waals surface area contributed by atoms with Gasteiger partial charge < -0.3 is 9.47 Å². The first-order valence-corrected chi connectivity index (χ1v) is 9.07. The molecule has 2 aromatic carbocycles. The van der Waals surface area contributed by atoms with Crippen LogP contribution in [-0.4, -0.2) is 39.6 Å². The Morgan fingerprint density at radius 3 is 2.54 bits per heavy atom. The molecule has 0 saturated carbocycles. The second-order valence-corrected chi connectivity index (χ2v) is 7.83. The third-order valence-electron chi connectivity index (χ3n) is 5.12.